The fourth-order valence-electron chi connectivity index (χ4n) is 3.22. The Kier molecular flexibility index (Phi) is 8.48. The number of methoxy groups -OCH3 is 1. The van der Waals surface area contributed by atoms with Gasteiger partial charge in [-0.3, -0.25) is 4.79 Å². The first-order valence-corrected chi connectivity index (χ1v) is 14.8. The number of benzene rings is 1. The highest BCUT2D eigenvalue weighted by atomic mass is 28.3. The third kappa shape index (κ3) is 7.04. The number of esters is 1. The van der Waals surface area contributed by atoms with Crippen LogP contribution in [0.15, 0.2) is 24.3 Å². The number of carbonyl (C=O) groups excluding carboxylic acids is 4. The first-order valence-electron chi connectivity index (χ1n) is 11.1. The summed E-state index contributed by atoms with van der Waals surface area (Å²) in [7, 11) is -0.0730. The molecule has 0 aromatic heterocycles. The maximum absolute atomic E-state index is 13.5. The van der Waals surface area contributed by atoms with E-state index in [0.29, 0.717) is 12.2 Å². The number of amides is 4. The van der Waals surface area contributed by atoms with Crippen molar-refractivity contribution in [1.29, 1.82) is 0 Å². The molecule has 0 radical (unpaired) electrons. The summed E-state index contributed by atoms with van der Waals surface area (Å²) in [5.41, 5.74) is -1.66. The molecule has 1 saturated heterocycles. The smallest absolute Gasteiger partial charge is 0.407 e. The SMILES string of the molecule is COC(=O)c1ccc(C2(CNC(=O)OC(C)(C)C)NC(=O)N(COCC[Si](C)(C)C)C2=O)cc1. The summed E-state index contributed by atoms with van der Waals surface area (Å²) >= 11 is 0. The fraction of sp³-hybridized carbons (Fsp3) is 0.565. The molecule has 0 spiro atoms. The third-order valence-electron chi connectivity index (χ3n) is 5.09. The van der Waals surface area contributed by atoms with E-state index in [1.54, 1.807) is 20.8 Å². The van der Waals surface area contributed by atoms with E-state index in [1.807, 2.05) is 0 Å². The molecule has 10 nitrogen and oxygen atoms in total. The lowest BCUT2D eigenvalue weighted by Crippen LogP contribution is -2.53. The third-order valence-corrected chi connectivity index (χ3v) is 6.79. The summed E-state index contributed by atoms with van der Waals surface area (Å²) in [6.07, 6.45) is -0.732. The Morgan fingerprint density at radius 2 is 1.74 bits per heavy atom. The minimum Gasteiger partial charge on any atom is -0.465 e. The van der Waals surface area contributed by atoms with Crippen molar-refractivity contribution in [3.05, 3.63) is 35.4 Å². The first-order chi connectivity index (χ1) is 15.7. The van der Waals surface area contributed by atoms with E-state index in [0.717, 1.165) is 10.9 Å². The van der Waals surface area contributed by atoms with Gasteiger partial charge in [0.05, 0.1) is 19.2 Å². The Balaban J connectivity index is 2.28. The van der Waals surface area contributed by atoms with Crippen LogP contribution in [-0.2, 0) is 24.5 Å². The van der Waals surface area contributed by atoms with Crippen LogP contribution in [0.5, 0.6) is 0 Å². The number of hydrogen-bond donors (Lipinski definition) is 2. The van der Waals surface area contributed by atoms with Crippen LogP contribution in [0.4, 0.5) is 9.59 Å². The topological polar surface area (TPSA) is 123 Å². The zero-order chi connectivity index (χ0) is 25.7. The number of hydrogen-bond acceptors (Lipinski definition) is 7. The summed E-state index contributed by atoms with van der Waals surface area (Å²) in [5.74, 6) is -1.11. The van der Waals surface area contributed by atoms with Crippen LogP contribution in [0.25, 0.3) is 0 Å². The van der Waals surface area contributed by atoms with Gasteiger partial charge in [-0.25, -0.2) is 19.3 Å². The van der Waals surface area contributed by atoms with Gasteiger partial charge < -0.3 is 24.8 Å². The Bertz CT molecular complexity index is 922. The lowest BCUT2D eigenvalue weighted by molar-refractivity contribution is -0.135. The largest absolute Gasteiger partial charge is 0.465 e. The Morgan fingerprint density at radius 3 is 2.26 bits per heavy atom. The van der Waals surface area contributed by atoms with Gasteiger partial charge in [0.1, 0.15) is 12.3 Å². The van der Waals surface area contributed by atoms with Crippen LogP contribution >= 0.6 is 0 Å². The molecule has 1 fully saturated rings. The first kappa shape index (κ1) is 27.3. The minimum atomic E-state index is -1.59. The van der Waals surface area contributed by atoms with Crippen molar-refractivity contribution in [3.8, 4) is 0 Å². The number of nitrogens with zero attached hydrogens (tertiary/aromatic N) is 1. The molecule has 1 aliphatic heterocycles. The van der Waals surface area contributed by atoms with Crippen LogP contribution in [0.2, 0.25) is 25.7 Å². The van der Waals surface area contributed by atoms with Crippen molar-refractivity contribution in [1.82, 2.24) is 15.5 Å². The van der Waals surface area contributed by atoms with E-state index in [9.17, 15) is 19.2 Å². The van der Waals surface area contributed by atoms with Crippen molar-refractivity contribution in [2.45, 2.75) is 57.6 Å². The van der Waals surface area contributed by atoms with Gasteiger partial charge in [-0.1, -0.05) is 31.8 Å². The van der Waals surface area contributed by atoms with Crippen LogP contribution in [0.1, 0.15) is 36.7 Å². The predicted octanol–water partition coefficient (Wildman–Crippen LogP) is 3.06. The van der Waals surface area contributed by atoms with Gasteiger partial charge in [-0.2, -0.15) is 0 Å². The van der Waals surface area contributed by atoms with E-state index in [4.69, 9.17) is 14.2 Å². The zero-order valence-corrected chi connectivity index (χ0v) is 21.9. The molecule has 2 N–H and O–H groups in total. The Hall–Kier alpha value is -2.92. The van der Waals surface area contributed by atoms with Gasteiger partial charge in [-0.05, 0) is 44.5 Å². The average Bonchev–Trinajstić information content (AvgIpc) is 2.97. The number of carbonyl (C=O) groups is 4. The minimum absolute atomic E-state index is 0.205. The van der Waals surface area contributed by atoms with E-state index in [-0.39, 0.29) is 18.8 Å². The standard InChI is InChI=1S/C23H35N3O7Si/c1-22(2,3)33-21(30)24-14-23(17-10-8-16(9-11-17)18(27)31-4)19(28)26(20(29)25-23)15-32-12-13-34(5,6)7/h8-11H,12-15H2,1-7H3,(H,24,30)(H,25,29). The van der Waals surface area contributed by atoms with Crippen LogP contribution < -0.4 is 10.6 Å². The number of imide groups is 1. The molecule has 34 heavy (non-hydrogen) atoms. The van der Waals surface area contributed by atoms with Gasteiger partial charge in [0.2, 0.25) is 0 Å². The normalized spacial score (nSPS) is 18.5. The van der Waals surface area contributed by atoms with Gasteiger partial charge >= 0.3 is 18.1 Å². The summed E-state index contributed by atoms with van der Waals surface area (Å²) in [4.78, 5) is 51.3. The van der Waals surface area contributed by atoms with Gasteiger partial charge in [0.25, 0.3) is 5.91 Å². The molecule has 0 aliphatic carbocycles. The molecule has 188 valence electrons. The molecule has 0 bridgehead atoms. The molecule has 1 atom stereocenters. The van der Waals surface area contributed by atoms with Crippen molar-refractivity contribution in [2.24, 2.45) is 0 Å². The monoisotopic (exact) mass is 493 g/mol. The van der Waals surface area contributed by atoms with Crippen LogP contribution in [0.3, 0.4) is 0 Å². The van der Waals surface area contributed by atoms with E-state index in [2.05, 4.69) is 30.3 Å². The highest BCUT2D eigenvalue weighted by molar-refractivity contribution is 6.76. The van der Waals surface area contributed by atoms with Crippen LogP contribution in [-0.4, -0.2) is 69.6 Å². The molecule has 1 aromatic carbocycles. The number of nitrogens with one attached hydrogen (secondary N) is 2. The second-order valence-corrected chi connectivity index (χ2v) is 16.0. The molecular formula is C23H35N3O7Si. The summed E-state index contributed by atoms with van der Waals surface area (Å²) in [5, 5.41) is 5.28. The second kappa shape index (κ2) is 10.6. The molecule has 4 amide bonds. The zero-order valence-electron chi connectivity index (χ0n) is 20.9. The summed E-state index contributed by atoms with van der Waals surface area (Å²) < 4.78 is 15.6. The lowest BCUT2D eigenvalue weighted by atomic mass is 9.89. The van der Waals surface area contributed by atoms with Crippen LogP contribution in [0, 0.1) is 0 Å². The van der Waals surface area contributed by atoms with E-state index < -0.39 is 43.2 Å². The average molecular weight is 494 g/mol. The molecule has 1 aliphatic rings. The number of alkyl carbamates (subject to hydrolysis) is 1. The highest BCUT2D eigenvalue weighted by Crippen LogP contribution is 2.29. The molecule has 1 unspecified atom stereocenters. The molecular weight excluding hydrogens is 458 g/mol. The number of urea groups is 1. The molecule has 2 rings (SSSR count). The van der Waals surface area contributed by atoms with E-state index >= 15 is 0 Å². The quantitative estimate of drug-likeness (QED) is 0.235. The maximum Gasteiger partial charge on any atom is 0.407 e. The van der Waals surface area contributed by atoms with Crippen molar-refractivity contribution < 1.29 is 33.4 Å². The lowest BCUT2D eigenvalue weighted by Gasteiger charge is -2.28. The number of rotatable bonds is 9. The van der Waals surface area contributed by atoms with Gasteiger partial charge in [0.15, 0.2) is 5.54 Å². The molecule has 1 heterocycles. The predicted molar refractivity (Wildman–Crippen MR) is 128 cm³/mol. The molecule has 0 saturated carbocycles. The molecule has 1 aromatic rings. The Morgan fingerprint density at radius 1 is 1.12 bits per heavy atom. The second-order valence-electron chi connectivity index (χ2n) is 10.3. The summed E-state index contributed by atoms with van der Waals surface area (Å²) in [6.45, 7) is 11.7. The van der Waals surface area contributed by atoms with Crippen molar-refractivity contribution in [2.75, 3.05) is 27.0 Å². The van der Waals surface area contributed by atoms with E-state index in [1.165, 1.54) is 31.4 Å². The summed E-state index contributed by atoms with van der Waals surface area (Å²) in [6, 6.07) is 6.30. The fourth-order valence-corrected chi connectivity index (χ4v) is 3.98. The van der Waals surface area contributed by atoms with Crippen molar-refractivity contribution in [3.63, 3.8) is 0 Å². The van der Waals surface area contributed by atoms with Crippen molar-refractivity contribution >= 4 is 32.1 Å². The number of ether oxygens (including phenoxy) is 3. The van der Waals surface area contributed by atoms with Gasteiger partial charge in [0, 0.05) is 14.7 Å². The molecule has 11 heteroatoms. The van der Waals surface area contributed by atoms with Gasteiger partial charge in [-0.15, -0.1) is 0 Å². The Labute approximate surface area is 201 Å². The highest BCUT2D eigenvalue weighted by Gasteiger charge is 2.53. The maximum atomic E-state index is 13.5.